The van der Waals surface area contributed by atoms with Gasteiger partial charge in [-0.05, 0) is 80.1 Å². The molecule has 2 N–H and O–H groups in total. The van der Waals surface area contributed by atoms with Gasteiger partial charge in [-0.15, -0.1) is 0 Å². The highest BCUT2D eigenvalue weighted by atomic mass is 16.2. The van der Waals surface area contributed by atoms with Gasteiger partial charge in [0.25, 0.3) is 0 Å². The molecule has 3 saturated carbocycles. The number of aliphatic hydroxyl groups excluding tert-OH is 1. The molecule has 0 radical (unpaired) electrons. The number of amides is 1. The number of carbonyl (C=O) groups excluding carboxylic acids is 3. The summed E-state index contributed by atoms with van der Waals surface area (Å²) in [6.45, 7) is 20.7. The zero-order valence-electron chi connectivity index (χ0n) is 25.9. The number of allylic oxidation sites excluding steroid dienone is 7. The second kappa shape index (κ2) is 14.7. The molecule has 0 spiro atoms. The number of aliphatic hydroxyl groups is 1. The van der Waals surface area contributed by atoms with E-state index >= 15 is 0 Å². The lowest BCUT2D eigenvalue weighted by molar-refractivity contribution is -0.142. The topological polar surface area (TPSA) is 83.5 Å². The standard InChI is InChI=1S/C19H26O2.C12H17NO.C2H6.CH4O/c1-5-18(3)11-16(21)17-15(12(18)2)7-6-13-10-14(20)8-9-19(13,17)4;1-4-6-11(10(3)5-2)12(7-8-12)13-9-14;2*1-2/h8-10,12,15,17H,5-7,11H2,1-4H3;4-6,9H,2,7-8H2,1,3H3,(H,13,14);1-2H3;2H,1H3/b;6-4-,11-10+;;. The third kappa shape index (κ3) is 7.16. The van der Waals surface area contributed by atoms with Crippen molar-refractivity contribution in [1.29, 1.82) is 0 Å². The Kier molecular flexibility index (Phi) is 13.0. The Hall–Kier alpha value is -2.53. The first-order valence-electron chi connectivity index (χ1n) is 14.6. The Morgan fingerprint density at radius 2 is 1.82 bits per heavy atom. The summed E-state index contributed by atoms with van der Waals surface area (Å²) >= 11 is 0. The molecule has 3 fully saturated rings. The number of nitrogens with one attached hydrogen (secondary N) is 1. The fourth-order valence-corrected chi connectivity index (χ4v) is 6.73. The van der Waals surface area contributed by atoms with Gasteiger partial charge in [0.1, 0.15) is 5.78 Å². The van der Waals surface area contributed by atoms with E-state index in [1.165, 1.54) is 11.1 Å². The van der Waals surface area contributed by atoms with Gasteiger partial charge in [-0.1, -0.05) is 84.4 Å². The normalized spacial score (nSPS) is 32.3. The van der Waals surface area contributed by atoms with E-state index < -0.39 is 0 Å². The van der Waals surface area contributed by atoms with Gasteiger partial charge in [0, 0.05) is 24.9 Å². The van der Waals surface area contributed by atoms with Crippen molar-refractivity contribution in [3.8, 4) is 0 Å². The summed E-state index contributed by atoms with van der Waals surface area (Å²) in [5.41, 5.74) is 3.31. The van der Waals surface area contributed by atoms with E-state index in [2.05, 4.69) is 45.7 Å². The monoisotopic (exact) mass is 539 g/mol. The molecule has 4 rings (SSSR count). The molecule has 5 nitrogen and oxygen atoms in total. The van der Waals surface area contributed by atoms with Crippen molar-refractivity contribution in [2.75, 3.05) is 7.11 Å². The molecule has 0 aromatic rings. The van der Waals surface area contributed by atoms with E-state index in [4.69, 9.17) is 5.11 Å². The average Bonchev–Trinajstić information content (AvgIpc) is 3.72. The molecule has 39 heavy (non-hydrogen) atoms. The number of rotatable bonds is 6. The Morgan fingerprint density at radius 1 is 1.21 bits per heavy atom. The summed E-state index contributed by atoms with van der Waals surface area (Å²) < 4.78 is 0. The highest BCUT2D eigenvalue weighted by Crippen LogP contribution is 2.59. The van der Waals surface area contributed by atoms with Crippen molar-refractivity contribution in [3.63, 3.8) is 0 Å². The molecule has 218 valence electrons. The number of fused-ring (bicyclic) bond motifs is 3. The van der Waals surface area contributed by atoms with Crippen LogP contribution in [-0.2, 0) is 14.4 Å². The molecule has 0 aromatic carbocycles. The maximum atomic E-state index is 12.9. The van der Waals surface area contributed by atoms with Gasteiger partial charge in [-0.2, -0.15) is 0 Å². The number of ketones is 2. The number of carbonyl (C=O) groups is 3. The largest absolute Gasteiger partial charge is 0.400 e. The number of Topliss-reactive ketones (excluding diaryl/α,β-unsaturated/α-hetero) is 1. The SMILES string of the molecule is C=C/C(C)=C(\C=C/C)C1(NC=O)CC1.CC.CCC1(C)CC(=O)C2C(CCC3=CC(=O)C=CC32C)C1C.CO. The minimum absolute atomic E-state index is 0.0662. The van der Waals surface area contributed by atoms with Crippen LogP contribution in [0.1, 0.15) is 93.9 Å². The van der Waals surface area contributed by atoms with Crippen molar-refractivity contribution < 1.29 is 19.5 Å². The second-order valence-corrected chi connectivity index (χ2v) is 11.5. The summed E-state index contributed by atoms with van der Waals surface area (Å²) in [5, 5.41) is 9.90. The van der Waals surface area contributed by atoms with E-state index in [1.54, 1.807) is 12.2 Å². The van der Waals surface area contributed by atoms with Crippen LogP contribution in [0.2, 0.25) is 0 Å². The van der Waals surface area contributed by atoms with Crippen molar-refractivity contribution >= 4 is 18.0 Å². The Morgan fingerprint density at radius 3 is 2.31 bits per heavy atom. The molecular formula is C34H53NO4. The van der Waals surface area contributed by atoms with Gasteiger partial charge in [0.15, 0.2) is 5.78 Å². The van der Waals surface area contributed by atoms with E-state index in [-0.39, 0.29) is 28.1 Å². The zero-order chi connectivity index (χ0) is 30.0. The first-order valence-corrected chi connectivity index (χ1v) is 14.6. The predicted molar refractivity (Wildman–Crippen MR) is 162 cm³/mol. The van der Waals surface area contributed by atoms with Gasteiger partial charge in [-0.3, -0.25) is 14.4 Å². The summed E-state index contributed by atoms with van der Waals surface area (Å²) in [4.78, 5) is 35.1. The quantitative estimate of drug-likeness (QED) is 0.279. The minimum atomic E-state index is -0.225. The van der Waals surface area contributed by atoms with Crippen LogP contribution < -0.4 is 5.32 Å². The zero-order valence-corrected chi connectivity index (χ0v) is 25.9. The third-order valence-electron chi connectivity index (χ3n) is 9.56. The van der Waals surface area contributed by atoms with Crippen LogP contribution in [0.25, 0.3) is 0 Å². The van der Waals surface area contributed by atoms with Gasteiger partial charge in [0.2, 0.25) is 6.41 Å². The van der Waals surface area contributed by atoms with Crippen LogP contribution >= 0.6 is 0 Å². The van der Waals surface area contributed by atoms with Crippen LogP contribution in [0.15, 0.2) is 59.8 Å². The van der Waals surface area contributed by atoms with Crippen molar-refractivity contribution in [2.45, 2.75) is 99.5 Å². The molecule has 0 aliphatic heterocycles. The summed E-state index contributed by atoms with van der Waals surface area (Å²) in [6.07, 6.45) is 17.9. The molecule has 5 unspecified atom stereocenters. The first kappa shape index (κ1) is 34.5. The maximum Gasteiger partial charge on any atom is 0.207 e. The van der Waals surface area contributed by atoms with Gasteiger partial charge in [0.05, 0.1) is 5.54 Å². The maximum absolute atomic E-state index is 12.9. The van der Waals surface area contributed by atoms with E-state index in [0.717, 1.165) is 51.2 Å². The van der Waals surface area contributed by atoms with Crippen LogP contribution in [0.3, 0.4) is 0 Å². The van der Waals surface area contributed by atoms with Crippen molar-refractivity contribution in [3.05, 3.63) is 59.8 Å². The Balaban J connectivity index is 0.000000369. The lowest BCUT2D eigenvalue weighted by Gasteiger charge is -2.55. The smallest absolute Gasteiger partial charge is 0.207 e. The van der Waals surface area contributed by atoms with Crippen LogP contribution in [0.4, 0.5) is 0 Å². The number of hydrogen-bond donors (Lipinski definition) is 2. The number of hydrogen-bond acceptors (Lipinski definition) is 4. The molecule has 4 aliphatic carbocycles. The van der Waals surface area contributed by atoms with E-state index in [1.807, 2.05) is 45.9 Å². The van der Waals surface area contributed by atoms with Gasteiger partial charge < -0.3 is 10.4 Å². The first-order chi connectivity index (χ1) is 18.5. The fraction of sp³-hybridized carbons (Fsp3) is 0.618. The summed E-state index contributed by atoms with van der Waals surface area (Å²) in [6, 6.07) is 0. The third-order valence-corrected chi connectivity index (χ3v) is 9.56. The van der Waals surface area contributed by atoms with Crippen LogP contribution in [-0.4, -0.2) is 35.7 Å². The van der Waals surface area contributed by atoms with E-state index in [9.17, 15) is 14.4 Å². The molecule has 0 saturated heterocycles. The fourth-order valence-electron chi connectivity index (χ4n) is 6.73. The molecule has 1 amide bonds. The predicted octanol–water partition coefficient (Wildman–Crippen LogP) is 7.09. The molecule has 0 aromatic heterocycles. The van der Waals surface area contributed by atoms with Crippen LogP contribution in [0.5, 0.6) is 0 Å². The van der Waals surface area contributed by atoms with Crippen molar-refractivity contribution in [1.82, 2.24) is 5.32 Å². The molecule has 0 heterocycles. The molecule has 0 bridgehead atoms. The van der Waals surface area contributed by atoms with Gasteiger partial charge >= 0.3 is 0 Å². The van der Waals surface area contributed by atoms with Gasteiger partial charge in [-0.25, -0.2) is 0 Å². The lowest BCUT2D eigenvalue weighted by atomic mass is 9.47. The summed E-state index contributed by atoms with van der Waals surface area (Å²) in [5.74, 6) is 1.58. The molecule has 4 aliphatic rings. The van der Waals surface area contributed by atoms with E-state index in [0.29, 0.717) is 24.0 Å². The minimum Gasteiger partial charge on any atom is -0.400 e. The lowest BCUT2D eigenvalue weighted by Crippen LogP contribution is -2.53. The Bertz CT molecular complexity index is 1010. The molecular weight excluding hydrogens is 486 g/mol. The van der Waals surface area contributed by atoms with Crippen LogP contribution in [0, 0.1) is 28.6 Å². The average molecular weight is 540 g/mol. The highest BCUT2D eigenvalue weighted by Gasteiger charge is 2.56. The van der Waals surface area contributed by atoms with Crippen molar-refractivity contribution in [2.24, 2.45) is 28.6 Å². The second-order valence-electron chi connectivity index (χ2n) is 11.5. The molecule has 5 heteroatoms. The highest BCUT2D eigenvalue weighted by molar-refractivity contribution is 6.01. The molecule has 5 atom stereocenters. The Labute approximate surface area is 237 Å². The summed E-state index contributed by atoms with van der Waals surface area (Å²) in [7, 11) is 1.00.